The summed E-state index contributed by atoms with van der Waals surface area (Å²) in [4.78, 5) is 7.77. The third-order valence-corrected chi connectivity index (χ3v) is 3.44. The minimum Gasteiger partial charge on any atom is -0.340 e. The van der Waals surface area contributed by atoms with Gasteiger partial charge < -0.3 is 10.6 Å². The van der Waals surface area contributed by atoms with Gasteiger partial charge in [-0.1, -0.05) is 35.9 Å². The molecular formula is C18H15F3N4. The highest BCUT2D eigenvalue weighted by molar-refractivity contribution is 5.63. The van der Waals surface area contributed by atoms with Crippen molar-refractivity contribution in [2.75, 3.05) is 10.6 Å². The molecule has 1 aromatic heterocycles. The van der Waals surface area contributed by atoms with Crippen molar-refractivity contribution in [3.05, 3.63) is 71.9 Å². The Morgan fingerprint density at radius 1 is 0.840 bits per heavy atom. The number of anilines is 4. The SMILES string of the molecule is Cc1ccc(Nc2nc(Nc3ccccc3)ncc2C(F)(F)F)cc1. The molecule has 4 nitrogen and oxygen atoms in total. The summed E-state index contributed by atoms with van der Waals surface area (Å²) in [6.45, 7) is 1.90. The maximum atomic E-state index is 13.2. The summed E-state index contributed by atoms with van der Waals surface area (Å²) in [6.07, 6.45) is -3.78. The van der Waals surface area contributed by atoms with Crippen molar-refractivity contribution < 1.29 is 13.2 Å². The Morgan fingerprint density at radius 3 is 2.12 bits per heavy atom. The molecule has 1 heterocycles. The lowest BCUT2D eigenvalue weighted by Gasteiger charge is -2.15. The molecule has 3 rings (SSSR count). The Hall–Kier alpha value is -3.09. The molecule has 0 aliphatic heterocycles. The van der Waals surface area contributed by atoms with Gasteiger partial charge in [0.15, 0.2) is 0 Å². The molecule has 25 heavy (non-hydrogen) atoms. The number of alkyl halides is 3. The van der Waals surface area contributed by atoms with Gasteiger partial charge in [-0.25, -0.2) is 4.98 Å². The molecule has 7 heteroatoms. The smallest absolute Gasteiger partial charge is 0.340 e. The molecule has 3 aromatic rings. The zero-order valence-corrected chi connectivity index (χ0v) is 13.3. The van der Waals surface area contributed by atoms with Crippen LogP contribution >= 0.6 is 0 Å². The van der Waals surface area contributed by atoms with E-state index in [2.05, 4.69) is 20.6 Å². The first-order valence-corrected chi connectivity index (χ1v) is 7.52. The number of aromatic nitrogens is 2. The Bertz CT molecular complexity index is 846. The van der Waals surface area contributed by atoms with Crippen LogP contribution in [0.4, 0.5) is 36.3 Å². The fraction of sp³-hybridized carbons (Fsp3) is 0.111. The Kier molecular flexibility index (Phi) is 4.56. The summed E-state index contributed by atoms with van der Waals surface area (Å²) in [5, 5.41) is 5.61. The van der Waals surface area contributed by atoms with Crippen LogP contribution in [0.5, 0.6) is 0 Å². The predicted octanol–water partition coefficient (Wildman–Crippen LogP) is 5.29. The van der Waals surface area contributed by atoms with Gasteiger partial charge in [-0.3, -0.25) is 0 Å². The summed E-state index contributed by atoms with van der Waals surface area (Å²) < 4.78 is 39.7. The van der Waals surface area contributed by atoms with Crippen molar-refractivity contribution in [1.82, 2.24) is 9.97 Å². The largest absolute Gasteiger partial charge is 0.421 e. The first-order chi connectivity index (χ1) is 11.9. The predicted molar refractivity (Wildman–Crippen MR) is 91.2 cm³/mol. The van der Waals surface area contributed by atoms with Crippen LogP contribution < -0.4 is 10.6 Å². The molecule has 2 N–H and O–H groups in total. The van der Waals surface area contributed by atoms with E-state index in [4.69, 9.17) is 0 Å². The molecule has 0 fully saturated rings. The van der Waals surface area contributed by atoms with Crippen molar-refractivity contribution in [2.45, 2.75) is 13.1 Å². The van der Waals surface area contributed by atoms with Gasteiger partial charge in [-0.15, -0.1) is 0 Å². The molecule has 0 spiro atoms. The number of nitrogens with one attached hydrogen (secondary N) is 2. The van der Waals surface area contributed by atoms with Crippen molar-refractivity contribution in [3.8, 4) is 0 Å². The molecule has 0 unspecified atom stereocenters. The molecule has 2 aromatic carbocycles. The molecule has 0 radical (unpaired) electrons. The Labute approximate surface area is 142 Å². The standard InChI is InChI=1S/C18H15F3N4/c1-12-7-9-14(10-8-12)23-16-15(18(19,20)21)11-22-17(25-16)24-13-5-3-2-4-6-13/h2-11H,1H3,(H2,22,23,24,25). The maximum absolute atomic E-state index is 13.2. The average Bonchev–Trinajstić information content (AvgIpc) is 2.57. The van der Waals surface area contributed by atoms with E-state index in [0.29, 0.717) is 11.4 Å². The number of benzene rings is 2. The van der Waals surface area contributed by atoms with E-state index in [1.54, 1.807) is 48.5 Å². The highest BCUT2D eigenvalue weighted by Gasteiger charge is 2.35. The van der Waals surface area contributed by atoms with Crippen LogP contribution in [0, 0.1) is 6.92 Å². The van der Waals surface area contributed by atoms with Crippen molar-refractivity contribution in [1.29, 1.82) is 0 Å². The van der Waals surface area contributed by atoms with Gasteiger partial charge in [-0.05, 0) is 31.2 Å². The number of halogens is 3. The average molecular weight is 344 g/mol. The zero-order chi connectivity index (χ0) is 17.9. The quantitative estimate of drug-likeness (QED) is 0.675. The zero-order valence-electron chi connectivity index (χ0n) is 13.3. The minimum absolute atomic E-state index is 0.0776. The molecule has 0 aliphatic carbocycles. The summed E-state index contributed by atoms with van der Waals surface area (Å²) in [5.41, 5.74) is 1.28. The molecule has 0 atom stereocenters. The van der Waals surface area contributed by atoms with Gasteiger partial charge >= 0.3 is 6.18 Å². The second-order valence-electron chi connectivity index (χ2n) is 5.44. The molecular weight excluding hydrogens is 329 g/mol. The third kappa shape index (κ3) is 4.26. The van der Waals surface area contributed by atoms with Gasteiger partial charge in [0.05, 0.1) is 0 Å². The fourth-order valence-corrected chi connectivity index (χ4v) is 2.17. The molecule has 0 saturated heterocycles. The molecule has 128 valence electrons. The minimum atomic E-state index is -4.56. The van der Waals surface area contributed by atoms with Crippen molar-refractivity contribution >= 4 is 23.1 Å². The highest BCUT2D eigenvalue weighted by atomic mass is 19.4. The molecule has 0 amide bonds. The summed E-state index contributed by atoms with van der Waals surface area (Å²) in [6, 6.07) is 16.0. The van der Waals surface area contributed by atoms with Crippen LogP contribution in [-0.4, -0.2) is 9.97 Å². The summed E-state index contributed by atoms with van der Waals surface area (Å²) in [7, 11) is 0. The van der Waals surface area contributed by atoms with E-state index in [1.807, 2.05) is 13.0 Å². The van der Waals surface area contributed by atoms with Gasteiger partial charge in [0.1, 0.15) is 11.4 Å². The fourth-order valence-electron chi connectivity index (χ4n) is 2.17. The number of para-hydroxylation sites is 1. The normalized spacial score (nSPS) is 11.2. The van der Waals surface area contributed by atoms with Crippen LogP contribution in [-0.2, 0) is 6.18 Å². The highest BCUT2D eigenvalue weighted by Crippen LogP contribution is 2.35. The lowest BCUT2D eigenvalue weighted by Crippen LogP contribution is -2.12. The van der Waals surface area contributed by atoms with Gasteiger partial charge in [0.2, 0.25) is 5.95 Å². The van der Waals surface area contributed by atoms with E-state index >= 15 is 0 Å². The summed E-state index contributed by atoms with van der Waals surface area (Å²) >= 11 is 0. The van der Waals surface area contributed by atoms with Gasteiger partial charge in [0.25, 0.3) is 0 Å². The lowest BCUT2D eigenvalue weighted by atomic mass is 10.2. The van der Waals surface area contributed by atoms with Crippen LogP contribution in [0.1, 0.15) is 11.1 Å². The van der Waals surface area contributed by atoms with Crippen LogP contribution in [0.25, 0.3) is 0 Å². The Morgan fingerprint density at radius 2 is 1.48 bits per heavy atom. The van der Waals surface area contributed by atoms with Gasteiger partial charge in [0, 0.05) is 17.6 Å². The molecule has 0 bridgehead atoms. The van der Waals surface area contributed by atoms with Crippen LogP contribution in [0.15, 0.2) is 60.8 Å². The first kappa shape index (κ1) is 16.8. The third-order valence-electron chi connectivity index (χ3n) is 3.44. The second kappa shape index (κ2) is 6.80. The van der Waals surface area contributed by atoms with Gasteiger partial charge in [-0.2, -0.15) is 18.2 Å². The molecule has 0 aliphatic rings. The maximum Gasteiger partial charge on any atom is 0.421 e. The number of rotatable bonds is 4. The first-order valence-electron chi connectivity index (χ1n) is 7.52. The topological polar surface area (TPSA) is 49.8 Å². The van der Waals surface area contributed by atoms with Crippen molar-refractivity contribution in [3.63, 3.8) is 0 Å². The monoisotopic (exact) mass is 344 g/mol. The van der Waals surface area contributed by atoms with E-state index in [-0.39, 0.29) is 11.8 Å². The number of aryl methyl sites for hydroxylation is 1. The number of hydrogen-bond donors (Lipinski definition) is 2. The second-order valence-corrected chi connectivity index (χ2v) is 5.44. The van der Waals surface area contributed by atoms with E-state index in [0.717, 1.165) is 11.8 Å². The van der Waals surface area contributed by atoms with E-state index in [1.165, 1.54) is 0 Å². The number of hydrogen-bond acceptors (Lipinski definition) is 4. The summed E-state index contributed by atoms with van der Waals surface area (Å²) in [5.74, 6) is -0.224. The van der Waals surface area contributed by atoms with Crippen LogP contribution in [0.3, 0.4) is 0 Å². The van der Waals surface area contributed by atoms with Crippen LogP contribution in [0.2, 0.25) is 0 Å². The Balaban J connectivity index is 1.94. The molecule has 0 saturated carbocycles. The number of nitrogens with zero attached hydrogens (tertiary/aromatic N) is 2. The van der Waals surface area contributed by atoms with Crippen molar-refractivity contribution in [2.24, 2.45) is 0 Å². The van der Waals surface area contributed by atoms with E-state index in [9.17, 15) is 13.2 Å². The lowest BCUT2D eigenvalue weighted by molar-refractivity contribution is -0.137. The van der Waals surface area contributed by atoms with E-state index < -0.39 is 11.7 Å².